The van der Waals surface area contributed by atoms with Crippen molar-refractivity contribution in [2.45, 2.75) is 83.2 Å². The SMILES string of the molecule is CCc1nc2c(cnn2CC)c(NC2CCOCC2)c1CNS(=O)(=O)c1ccc(OC)c(C(=O)NCc2ccc(F)c(-c3cccc(CN4CCN[C@@H](C)C4)c3)c2)c1. The van der Waals surface area contributed by atoms with Crippen molar-refractivity contribution in [1.82, 2.24) is 35.0 Å². The van der Waals surface area contributed by atoms with E-state index in [0.29, 0.717) is 43.3 Å². The summed E-state index contributed by atoms with van der Waals surface area (Å²) in [6, 6.07) is 17.4. The number of carbonyl (C=O) groups is 1. The molecule has 2 aliphatic rings. The van der Waals surface area contributed by atoms with Crippen LogP contribution in [0.25, 0.3) is 22.2 Å². The molecule has 4 heterocycles. The van der Waals surface area contributed by atoms with Crippen LogP contribution < -0.4 is 25.4 Å². The van der Waals surface area contributed by atoms with Crippen LogP contribution >= 0.6 is 0 Å². The van der Waals surface area contributed by atoms with Crippen LogP contribution in [0.2, 0.25) is 0 Å². The normalized spacial score (nSPS) is 16.7. The van der Waals surface area contributed by atoms with Gasteiger partial charge in [-0.15, -0.1) is 0 Å². The molecular weight excluding hydrogens is 760 g/mol. The molecule has 5 aromatic rings. The Balaban J connectivity index is 1.08. The van der Waals surface area contributed by atoms with E-state index in [1.165, 1.54) is 31.4 Å². The smallest absolute Gasteiger partial charge is 0.255 e. The van der Waals surface area contributed by atoms with Gasteiger partial charge in [0.25, 0.3) is 5.91 Å². The lowest BCUT2D eigenvalue weighted by molar-refractivity contribution is 0.0904. The number of piperazine rings is 1. The second-order valence-corrected chi connectivity index (χ2v) is 16.7. The van der Waals surface area contributed by atoms with Gasteiger partial charge in [-0.2, -0.15) is 5.10 Å². The van der Waals surface area contributed by atoms with Gasteiger partial charge in [0.15, 0.2) is 5.65 Å². The molecule has 1 amide bonds. The van der Waals surface area contributed by atoms with Crippen LogP contribution in [0.4, 0.5) is 10.1 Å². The standard InChI is InChI=1S/C43H53FN8O5S/c1-5-39-36(41(49-32-14-18-57-19-15-32)37-24-47-52(6-2)42(37)50-39)25-48-58(54,55)33-11-13-40(56-4)35(22-33)43(53)46-23-29-10-12-38(44)34(21-29)31-9-7-8-30(20-31)27-51-17-16-45-28(3)26-51/h7-13,20-22,24,28,32,45,48H,5-6,14-19,23,25-27H2,1-4H3,(H,46,53)(H,49,50)/t28-/m0/s1. The third-order valence-electron chi connectivity index (χ3n) is 10.9. The second-order valence-electron chi connectivity index (χ2n) is 15.0. The third kappa shape index (κ3) is 9.34. The summed E-state index contributed by atoms with van der Waals surface area (Å²) in [5, 5.41) is 15.4. The third-order valence-corrected chi connectivity index (χ3v) is 12.3. The molecule has 15 heteroatoms. The summed E-state index contributed by atoms with van der Waals surface area (Å²) in [4.78, 5) is 20.9. The lowest BCUT2D eigenvalue weighted by atomic mass is 10.00. The number of fused-ring (bicyclic) bond motifs is 1. The van der Waals surface area contributed by atoms with Crippen LogP contribution in [0.5, 0.6) is 5.75 Å². The van der Waals surface area contributed by atoms with Crippen molar-refractivity contribution in [3.8, 4) is 16.9 Å². The van der Waals surface area contributed by atoms with Crippen molar-refractivity contribution < 1.29 is 27.1 Å². The Bertz CT molecular complexity index is 2360. The molecule has 0 radical (unpaired) electrons. The van der Waals surface area contributed by atoms with Gasteiger partial charge in [0.2, 0.25) is 10.0 Å². The molecule has 0 spiro atoms. The maximum atomic E-state index is 15.2. The Hall–Kier alpha value is -4.93. The predicted molar refractivity (Wildman–Crippen MR) is 223 cm³/mol. The van der Waals surface area contributed by atoms with E-state index in [0.717, 1.165) is 78.1 Å². The number of nitrogens with zero attached hydrogens (tertiary/aromatic N) is 4. The van der Waals surface area contributed by atoms with Gasteiger partial charge in [-0.25, -0.2) is 27.2 Å². The quantitative estimate of drug-likeness (QED) is 0.105. The Labute approximate surface area is 339 Å². The Morgan fingerprint density at radius 2 is 1.88 bits per heavy atom. The molecule has 0 bridgehead atoms. The maximum Gasteiger partial charge on any atom is 0.255 e. The number of carbonyl (C=O) groups excluding carboxylic acids is 1. The summed E-state index contributed by atoms with van der Waals surface area (Å²) in [5.74, 6) is -0.684. The number of hydrogen-bond acceptors (Lipinski definition) is 10. The average molecular weight is 813 g/mol. The fourth-order valence-electron chi connectivity index (χ4n) is 7.82. The lowest BCUT2D eigenvalue weighted by Gasteiger charge is -2.31. The lowest BCUT2D eigenvalue weighted by Crippen LogP contribution is -2.48. The Kier molecular flexibility index (Phi) is 13.0. The van der Waals surface area contributed by atoms with E-state index in [-0.39, 0.29) is 41.2 Å². The van der Waals surface area contributed by atoms with Crippen molar-refractivity contribution in [3.63, 3.8) is 0 Å². The van der Waals surface area contributed by atoms with Crippen LogP contribution in [-0.2, 0) is 47.4 Å². The largest absolute Gasteiger partial charge is 0.496 e. The zero-order chi connectivity index (χ0) is 40.8. The minimum atomic E-state index is -4.12. The molecule has 0 saturated carbocycles. The second kappa shape index (κ2) is 18.3. The van der Waals surface area contributed by atoms with Gasteiger partial charge in [-0.3, -0.25) is 9.69 Å². The van der Waals surface area contributed by atoms with Gasteiger partial charge in [0.1, 0.15) is 11.6 Å². The minimum Gasteiger partial charge on any atom is -0.496 e. The predicted octanol–water partition coefficient (Wildman–Crippen LogP) is 5.62. The number of rotatable bonds is 15. The average Bonchev–Trinajstić information content (AvgIpc) is 3.66. The van der Waals surface area contributed by atoms with Gasteiger partial charge >= 0.3 is 0 Å². The first-order valence-electron chi connectivity index (χ1n) is 20.1. The molecule has 0 aliphatic carbocycles. The molecule has 2 aromatic heterocycles. The molecule has 7 rings (SSSR count). The van der Waals surface area contributed by atoms with Crippen LogP contribution in [0, 0.1) is 5.82 Å². The first-order valence-corrected chi connectivity index (χ1v) is 21.6. The molecule has 0 unspecified atom stereocenters. The molecule has 58 heavy (non-hydrogen) atoms. The van der Waals surface area contributed by atoms with Gasteiger partial charge in [-0.1, -0.05) is 31.2 Å². The van der Waals surface area contributed by atoms with Crippen LogP contribution in [-0.4, -0.2) is 86.0 Å². The monoisotopic (exact) mass is 812 g/mol. The van der Waals surface area contributed by atoms with Crippen molar-refractivity contribution >= 4 is 32.7 Å². The number of methoxy groups -OCH3 is 1. The van der Waals surface area contributed by atoms with E-state index in [9.17, 15) is 13.2 Å². The molecule has 308 valence electrons. The number of hydrogen-bond donors (Lipinski definition) is 4. The van der Waals surface area contributed by atoms with Gasteiger partial charge < -0.3 is 25.4 Å². The summed E-state index contributed by atoms with van der Waals surface area (Å²) >= 11 is 0. The summed E-state index contributed by atoms with van der Waals surface area (Å²) in [7, 11) is -2.70. The molecule has 2 aliphatic heterocycles. The van der Waals surface area contributed by atoms with Crippen LogP contribution in [0.15, 0.2) is 71.8 Å². The number of aryl methyl sites for hydroxylation is 2. The molecule has 4 N–H and O–H groups in total. The summed E-state index contributed by atoms with van der Waals surface area (Å²) < 4.78 is 58.8. The number of amides is 1. The topological polar surface area (TPSA) is 152 Å². The number of sulfonamides is 1. The van der Waals surface area contributed by atoms with E-state index in [2.05, 4.69) is 43.7 Å². The summed E-state index contributed by atoms with van der Waals surface area (Å²) in [6.45, 7) is 11.8. The molecule has 1 atom stereocenters. The molecular formula is C43H53FN8O5S. The van der Waals surface area contributed by atoms with Crippen molar-refractivity contribution in [3.05, 3.63) is 101 Å². The number of aromatic nitrogens is 3. The summed E-state index contributed by atoms with van der Waals surface area (Å²) in [6.07, 6.45) is 4.00. The number of anilines is 1. The van der Waals surface area contributed by atoms with Crippen molar-refractivity contribution in [2.75, 3.05) is 45.3 Å². The fraction of sp³-hybridized carbons (Fsp3) is 0.419. The number of benzene rings is 3. The van der Waals surface area contributed by atoms with Gasteiger partial charge in [0.05, 0.1) is 34.8 Å². The number of halogens is 1. The van der Waals surface area contributed by atoms with E-state index in [1.54, 1.807) is 18.3 Å². The number of ether oxygens (including phenoxy) is 2. The van der Waals surface area contributed by atoms with Crippen molar-refractivity contribution in [1.29, 1.82) is 0 Å². The molecule has 3 aromatic carbocycles. The van der Waals surface area contributed by atoms with E-state index < -0.39 is 15.9 Å². The fourth-order valence-corrected chi connectivity index (χ4v) is 8.84. The summed E-state index contributed by atoms with van der Waals surface area (Å²) in [5.41, 5.74) is 6.08. The highest BCUT2D eigenvalue weighted by Gasteiger charge is 2.25. The van der Waals surface area contributed by atoms with E-state index >= 15 is 4.39 Å². The Morgan fingerprint density at radius 1 is 1.05 bits per heavy atom. The first-order chi connectivity index (χ1) is 28.1. The minimum absolute atomic E-state index is 0.0321. The van der Waals surface area contributed by atoms with Crippen LogP contribution in [0.1, 0.15) is 66.4 Å². The highest BCUT2D eigenvalue weighted by atomic mass is 32.2. The molecule has 2 fully saturated rings. The van der Waals surface area contributed by atoms with E-state index in [4.69, 9.17) is 14.5 Å². The van der Waals surface area contributed by atoms with Gasteiger partial charge in [-0.05, 0) is 86.2 Å². The highest BCUT2D eigenvalue weighted by Crippen LogP contribution is 2.32. The Morgan fingerprint density at radius 3 is 2.64 bits per heavy atom. The first kappa shape index (κ1) is 41.2. The highest BCUT2D eigenvalue weighted by molar-refractivity contribution is 7.89. The van der Waals surface area contributed by atoms with Crippen molar-refractivity contribution in [2.24, 2.45) is 0 Å². The maximum absolute atomic E-state index is 15.2. The molecule has 13 nitrogen and oxygen atoms in total. The zero-order valence-corrected chi connectivity index (χ0v) is 34.4. The van der Waals surface area contributed by atoms with E-state index in [1.807, 2.05) is 36.7 Å². The van der Waals surface area contributed by atoms with Gasteiger partial charge in [0, 0.05) is 87.9 Å². The molecule has 2 saturated heterocycles. The zero-order valence-electron chi connectivity index (χ0n) is 33.6. The van der Waals surface area contributed by atoms with Crippen LogP contribution in [0.3, 0.4) is 0 Å². The number of pyridine rings is 1. The number of nitrogens with one attached hydrogen (secondary N) is 4.